The van der Waals surface area contributed by atoms with Crippen LogP contribution in [-0.4, -0.2) is 58.7 Å². The van der Waals surface area contributed by atoms with E-state index in [0.717, 1.165) is 59.3 Å². The highest BCUT2D eigenvalue weighted by Crippen LogP contribution is 2.43. The molecule has 2 aliphatic heterocycles. The van der Waals surface area contributed by atoms with Crippen molar-refractivity contribution in [3.63, 3.8) is 0 Å². The summed E-state index contributed by atoms with van der Waals surface area (Å²) in [6.07, 6.45) is 1.44. The largest absolute Gasteiger partial charge is 0.392 e. The number of halogens is 3. The minimum Gasteiger partial charge on any atom is -0.392 e. The molecule has 0 spiro atoms. The Morgan fingerprint density at radius 3 is 2.43 bits per heavy atom. The molecular weight excluding hydrogens is 623 g/mol. The fourth-order valence-corrected chi connectivity index (χ4v) is 6.28. The Balaban J connectivity index is 1.39. The van der Waals surface area contributed by atoms with Gasteiger partial charge in [-0.2, -0.15) is 0 Å². The van der Waals surface area contributed by atoms with Gasteiger partial charge < -0.3 is 24.6 Å². The maximum Gasteiger partial charge on any atom is 0.272 e. The van der Waals surface area contributed by atoms with Gasteiger partial charge in [-0.15, -0.1) is 0 Å². The van der Waals surface area contributed by atoms with Gasteiger partial charge in [0.15, 0.2) is 6.29 Å². The number of rotatable bonds is 10. The molecule has 0 radical (unpaired) electrons. The van der Waals surface area contributed by atoms with E-state index >= 15 is 0 Å². The maximum absolute atomic E-state index is 12.0. The molecule has 0 saturated carbocycles. The Kier molecular flexibility index (Phi) is 11.3. The third-order valence-corrected chi connectivity index (χ3v) is 9.04. The van der Waals surface area contributed by atoms with Crippen LogP contribution in [0.2, 0.25) is 0 Å². The second-order valence-corrected chi connectivity index (χ2v) is 13.9. The fraction of sp³-hybridized carbons (Fsp3) is 0.441. The van der Waals surface area contributed by atoms with E-state index in [0.29, 0.717) is 12.6 Å². The molecule has 7 nitrogen and oxygen atoms in total. The molecule has 1 amide bonds. The van der Waals surface area contributed by atoms with Crippen LogP contribution in [0.4, 0.5) is 0 Å². The number of likely N-dealkylation sites (tertiary alicyclic amines) is 1. The van der Waals surface area contributed by atoms with Crippen molar-refractivity contribution in [2.24, 2.45) is 5.92 Å². The number of benzene rings is 3. The molecule has 5 rings (SSSR count). The van der Waals surface area contributed by atoms with Crippen molar-refractivity contribution >= 4 is 40.7 Å². The van der Waals surface area contributed by atoms with Crippen LogP contribution in [0.15, 0.2) is 72.8 Å². The summed E-state index contributed by atoms with van der Waals surface area (Å²) in [5.41, 5.74) is 5.68. The van der Waals surface area contributed by atoms with Gasteiger partial charge in [0.25, 0.3) is 9.70 Å². The lowest BCUT2D eigenvalue weighted by atomic mass is 9.89. The lowest BCUT2D eigenvalue weighted by Gasteiger charge is -2.43. The highest BCUT2D eigenvalue weighted by molar-refractivity contribution is 6.76. The van der Waals surface area contributed by atoms with Crippen LogP contribution in [0.25, 0.3) is 11.1 Å². The first-order chi connectivity index (χ1) is 21.2. The second kappa shape index (κ2) is 14.9. The monoisotopic (exact) mass is 660 g/mol. The minimum atomic E-state index is -2.01. The lowest BCUT2D eigenvalue weighted by molar-refractivity contribution is -0.276. The summed E-state index contributed by atoms with van der Waals surface area (Å²) in [7, 11) is 1.76. The second-order valence-electron chi connectivity index (χ2n) is 11.6. The standard InChI is InChI=1S/C34H39Cl3N2O5/c1-22-30(19-39-15-5-10-29(39)21-42-2)43-32(44-31(22)25-13-11-23(20-40)12-14-25)28-9-4-8-27(17-28)26-7-3-6-24(16-26)18-38-33(41)34(35,36)37/h3-4,6-9,11-14,16-17,22,29-32,40H,5,10,15,18-21H2,1-2H3,(H,38,41)/t22-,29-,30+,31+,32+/m0/s1. The maximum atomic E-state index is 12.0. The van der Waals surface area contributed by atoms with Gasteiger partial charge in [-0.1, -0.05) is 102 Å². The van der Waals surface area contributed by atoms with Gasteiger partial charge in [0, 0.05) is 37.7 Å². The number of amides is 1. The van der Waals surface area contributed by atoms with Crippen molar-refractivity contribution in [1.82, 2.24) is 10.2 Å². The SMILES string of the molecule is COC[C@@H]1CCCN1C[C@H]1O[C@@H](c2cccc(-c3cccc(CNC(=O)C(Cl)(Cl)Cl)c3)c2)O[C@@H](c2ccc(CO)cc2)[C@H]1C. The summed E-state index contributed by atoms with van der Waals surface area (Å²) < 4.78 is 17.0. The zero-order valence-electron chi connectivity index (χ0n) is 24.9. The molecule has 2 heterocycles. The zero-order valence-corrected chi connectivity index (χ0v) is 27.2. The van der Waals surface area contributed by atoms with Crippen LogP contribution in [0.3, 0.4) is 0 Å². The Morgan fingerprint density at radius 1 is 1.00 bits per heavy atom. The molecule has 0 bridgehead atoms. The van der Waals surface area contributed by atoms with Crippen molar-refractivity contribution in [2.75, 3.05) is 26.8 Å². The molecule has 236 valence electrons. The van der Waals surface area contributed by atoms with E-state index in [-0.39, 0.29) is 31.3 Å². The van der Waals surface area contributed by atoms with Crippen LogP contribution in [-0.2, 0) is 32.2 Å². The van der Waals surface area contributed by atoms with Crippen molar-refractivity contribution in [1.29, 1.82) is 0 Å². The van der Waals surface area contributed by atoms with Crippen LogP contribution < -0.4 is 5.32 Å². The molecule has 2 aliphatic rings. The molecule has 5 atom stereocenters. The van der Waals surface area contributed by atoms with Gasteiger partial charge in [-0.05, 0) is 59.3 Å². The average molecular weight is 662 g/mol. The third-order valence-electron chi connectivity index (χ3n) is 8.53. The summed E-state index contributed by atoms with van der Waals surface area (Å²) >= 11 is 17.1. The van der Waals surface area contributed by atoms with Crippen molar-refractivity contribution in [2.45, 2.75) is 61.2 Å². The smallest absolute Gasteiger partial charge is 0.272 e. The molecular formula is C34H39Cl3N2O5. The van der Waals surface area contributed by atoms with Gasteiger partial charge in [0.2, 0.25) is 0 Å². The number of carbonyl (C=O) groups excluding carboxylic acids is 1. The lowest BCUT2D eigenvalue weighted by Crippen LogP contribution is -2.46. The highest BCUT2D eigenvalue weighted by atomic mass is 35.6. The summed E-state index contributed by atoms with van der Waals surface area (Å²) in [5, 5.41) is 12.2. The van der Waals surface area contributed by atoms with E-state index in [9.17, 15) is 9.90 Å². The predicted octanol–water partition coefficient (Wildman–Crippen LogP) is 6.73. The average Bonchev–Trinajstić information content (AvgIpc) is 3.47. The first-order valence-corrected chi connectivity index (χ1v) is 16.1. The van der Waals surface area contributed by atoms with Gasteiger partial charge in [-0.3, -0.25) is 9.69 Å². The molecule has 0 aromatic heterocycles. The molecule has 2 saturated heterocycles. The van der Waals surface area contributed by atoms with Crippen molar-refractivity contribution in [3.05, 3.63) is 95.1 Å². The topological polar surface area (TPSA) is 80.3 Å². The van der Waals surface area contributed by atoms with Gasteiger partial charge in [0.05, 0.1) is 25.4 Å². The molecule has 10 heteroatoms. The number of nitrogens with one attached hydrogen (secondary N) is 1. The molecule has 0 unspecified atom stereocenters. The summed E-state index contributed by atoms with van der Waals surface area (Å²) in [4.78, 5) is 14.5. The van der Waals surface area contributed by atoms with E-state index in [1.165, 1.54) is 0 Å². The van der Waals surface area contributed by atoms with Gasteiger partial charge in [0.1, 0.15) is 0 Å². The summed E-state index contributed by atoms with van der Waals surface area (Å²) in [5.74, 6) is -0.578. The summed E-state index contributed by atoms with van der Waals surface area (Å²) in [6, 6.07) is 24.4. The highest BCUT2D eigenvalue weighted by Gasteiger charge is 2.40. The Labute approximate surface area is 274 Å². The quantitative estimate of drug-likeness (QED) is 0.235. The minimum absolute atomic E-state index is 0.00116. The van der Waals surface area contributed by atoms with Gasteiger partial charge >= 0.3 is 0 Å². The summed E-state index contributed by atoms with van der Waals surface area (Å²) in [6.45, 7) is 4.95. The van der Waals surface area contributed by atoms with E-state index in [1.807, 2.05) is 66.7 Å². The van der Waals surface area contributed by atoms with Crippen molar-refractivity contribution in [3.8, 4) is 11.1 Å². The van der Waals surface area contributed by atoms with Crippen LogP contribution in [0, 0.1) is 5.92 Å². The number of hydrogen-bond donors (Lipinski definition) is 2. The van der Waals surface area contributed by atoms with Crippen LogP contribution >= 0.6 is 34.8 Å². The van der Waals surface area contributed by atoms with Gasteiger partial charge in [-0.25, -0.2) is 0 Å². The molecule has 0 aliphatic carbocycles. The number of hydrogen-bond acceptors (Lipinski definition) is 6. The first kappa shape index (κ1) is 33.2. The number of nitrogens with zero attached hydrogens (tertiary/aromatic N) is 1. The Hall–Kier alpha value is -2.20. The molecule has 3 aromatic carbocycles. The molecule has 2 N–H and O–H groups in total. The van der Waals surface area contributed by atoms with Crippen LogP contribution in [0.1, 0.15) is 54.4 Å². The molecule has 3 aromatic rings. The van der Waals surface area contributed by atoms with Crippen molar-refractivity contribution < 1.29 is 24.1 Å². The predicted molar refractivity (Wildman–Crippen MR) is 173 cm³/mol. The number of methoxy groups -OCH3 is 1. The van der Waals surface area contributed by atoms with E-state index in [4.69, 9.17) is 49.0 Å². The number of aliphatic hydroxyl groups excluding tert-OH is 1. The van der Waals surface area contributed by atoms with E-state index in [2.05, 4.69) is 23.2 Å². The number of carbonyl (C=O) groups is 1. The number of alkyl halides is 3. The number of ether oxygens (including phenoxy) is 3. The van der Waals surface area contributed by atoms with E-state index < -0.39 is 16.0 Å². The first-order valence-electron chi connectivity index (χ1n) is 14.9. The zero-order chi connectivity index (χ0) is 31.3. The Bertz CT molecular complexity index is 1400. The fourth-order valence-electron chi connectivity index (χ4n) is 6.08. The Morgan fingerprint density at radius 2 is 1.73 bits per heavy atom. The normalized spacial score (nSPS) is 24.4. The van der Waals surface area contributed by atoms with E-state index in [1.54, 1.807) is 7.11 Å². The number of aliphatic hydroxyl groups is 1. The molecule has 44 heavy (non-hydrogen) atoms. The third kappa shape index (κ3) is 8.14. The molecule has 2 fully saturated rings. The van der Waals surface area contributed by atoms with Crippen LogP contribution in [0.5, 0.6) is 0 Å².